The van der Waals surface area contributed by atoms with Gasteiger partial charge < -0.3 is 4.90 Å². The molecule has 0 radical (unpaired) electrons. The molecule has 80 valence electrons. The highest BCUT2D eigenvalue weighted by Gasteiger charge is 2.09. The minimum atomic E-state index is -0.429. The van der Waals surface area contributed by atoms with E-state index in [0.717, 1.165) is 5.01 Å². The summed E-state index contributed by atoms with van der Waals surface area (Å²) >= 11 is 0. The molecule has 3 N–H and O–H groups in total. The molecule has 0 spiro atoms. The maximum absolute atomic E-state index is 11.0. The van der Waals surface area contributed by atoms with E-state index in [0.29, 0.717) is 19.5 Å². The molecule has 0 aliphatic heterocycles. The summed E-state index contributed by atoms with van der Waals surface area (Å²) in [6.07, 6.45) is 0.702. The van der Waals surface area contributed by atoms with Crippen molar-refractivity contribution >= 4 is 12.3 Å². The minimum absolute atomic E-state index is 0.246. The van der Waals surface area contributed by atoms with Gasteiger partial charge in [-0.05, 0) is 6.92 Å². The Labute approximate surface area is 82.3 Å². The molecule has 0 fully saturated rings. The van der Waals surface area contributed by atoms with Crippen LogP contribution in [0.25, 0.3) is 0 Å². The van der Waals surface area contributed by atoms with E-state index in [9.17, 15) is 9.59 Å². The molecular weight excluding hydrogens is 186 g/mol. The minimum Gasteiger partial charge on any atom is -0.344 e. The molecule has 0 rings (SSSR count). The van der Waals surface area contributed by atoms with Gasteiger partial charge in [-0.25, -0.2) is 11.4 Å². The molecule has 0 aromatic carbocycles. The van der Waals surface area contributed by atoms with Gasteiger partial charge in [0.05, 0.1) is 6.54 Å². The van der Waals surface area contributed by atoms with Crippen molar-refractivity contribution in [3.05, 3.63) is 0 Å². The smallest absolute Gasteiger partial charge is 0.260 e. The SMILES string of the molecule is CCN(C=O)CCN(N)C(=O)CN=N. The first-order valence-electron chi connectivity index (χ1n) is 4.23. The van der Waals surface area contributed by atoms with Crippen LogP contribution in [0, 0.1) is 5.53 Å². The van der Waals surface area contributed by atoms with Crippen molar-refractivity contribution in [2.45, 2.75) is 6.92 Å². The molecule has 0 heterocycles. The molecule has 14 heavy (non-hydrogen) atoms. The molecule has 0 bridgehead atoms. The van der Waals surface area contributed by atoms with Crippen molar-refractivity contribution in [2.75, 3.05) is 26.2 Å². The molecule has 0 aliphatic carbocycles. The van der Waals surface area contributed by atoms with E-state index in [1.165, 1.54) is 4.90 Å². The number of nitrogens with two attached hydrogens (primary N) is 1. The second kappa shape index (κ2) is 6.96. The molecule has 0 saturated carbocycles. The fourth-order valence-corrected chi connectivity index (χ4v) is 0.805. The van der Waals surface area contributed by atoms with E-state index in [1.807, 2.05) is 6.92 Å². The highest BCUT2D eigenvalue weighted by molar-refractivity contribution is 5.77. The van der Waals surface area contributed by atoms with Crippen LogP contribution in [0.3, 0.4) is 0 Å². The number of nitrogens with one attached hydrogen (secondary N) is 1. The summed E-state index contributed by atoms with van der Waals surface area (Å²) in [6, 6.07) is 0. The lowest BCUT2D eigenvalue weighted by Crippen LogP contribution is -2.43. The maximum atomic E-state index is 11.0. The van der Waals surface area contributed by atoms with E-state index in [-0.39, 0.29) is 13.1 Å². The van der Waals surface area contributed by atoms with Crippen molar-refractivity contribution < 1.29 is 9.59 Å². The van der Waals surface area contributed by atoms with Crippen LogP contribution in [0.4, 0.5) is 0 Å². The second-order valence-corrected chi connectivity index (χ2v) is 2.64. The molecule has 0 aliphatic rings. The van der Waals surface area contributed by atoms with Crippen LogP contribution in [0.2, 0.25) is 0 Å². The summed E-state index contributed by atoms with van der Waals surface area (Å²) in [5, 5.41) is 3.88. The van der Waals surface area contributed by atoms with Crippen LogP contribution < -0.4 is 5.84 Å². The van der Waals surface area contributed by atoms with E-state index in [1.54, 1.807) is 0 Å². The number of amides is 2. The summed E-state index contributed by atoms with van der Waals surface area (Å²) in [7, 11) is 0. The van der Waals surface area contributed by atoms with E-state index in [4.69, 9.17) is 11.4 Å². The zero-order valence-electron chi connectivity index (χ0n) is 8.14. The third-order valence-electron chi connectivity index (χ3n) is 1.72. The molecule has 0 unspecified atom stereocenters. The van der Waals surface area contributed by atoms with E-state index in [2.05, 4.69) is 5.11 Å². The zero-order valence-corrected chi connectivity index (χ0v) is 8.14. The van der Waals surface area contributed by atoms with Crippen molar-refractivity contribution in [2.24, 2.45) is 11.0 Å². The Morgan fingerprint density at radius 3 is 2.64 bits per heavy atom. The van der Waals surface area contributed by atoms with Crippen molar-refractivity contribution in [1.29, 1.82) is 5.53 Å². The largest absolute Gasteiger partial charge is 0.344 e. The number of rotatable bonds is 7. The van der Waals surface area contributed by atoms with Crippen LogP contribution in [0.5, 0.6) is 0 Å². The van der Waals surface area contributed by atoms with Gasteiger partial charge in [0, 0.05) is 13.1 Å². The Morgan fingerprint density at radius 2 is 2.21 bits per heavy atom. The number of carbonyl (C=O) groups is 2. The lowest BCUT2D eigenvalue weighted by Gasteiger charge is -2.20. The number of hydrazine groups is 1. The molecule has 7 nitrogen and oxygen atoms in total. The average molecular weight is 201 g/mol. The fourth-order valence-electron chi connectivity index (χ4n) is 0.805. The monoisotopic (exact) mass is 201 g/mol. The van der Waals surface area contributed by atoms with E-state index >= 15 is 0 Å². The molecule has 7 heteroatoms. The summed E-state index contributed by atoms with van der Waals surface area (Å²) in [4.78, 5) is 22.9. The van der Waals surface area contributed by atoms with Gasteiger partial charge in [0.25, 0.3) is 5.91 Å². The molecule has 0 saturated heterocycles. The van der Waals surface area contributed by atoms with Crippen LogP contribution in [-0.2, 0) is 9.59 Å². The van der Waals surface area contributed by atoms with Gasteiger partial charge in [-0.15, -0.1) is 0 Å². The molecule has 0 aromatic heterocycles. The van der Waals surface area contributed by atoms with Gasteiger partial charge in [-0.2, -0.15) is 5.11 Å². The van der Waals surface area contributed by atoms with Crippen molar-refractivity contribution in [3.8, 4) is 0 Å². The Morgan fingerprint density at radius 1 is 1.57 bits per heavy atom. The Kier molecular flexibility index (Phi) is 6.21. The van der Waals surface area contributed by atoms with E-state index < -0.39 is 5.91 Å². The van der Waals surface area contributed by atoms with Crippen LogP contribution >= 0.6 is 0 Å². The predicted octanol–water partition coefficient (Wildman–Crippen LogP) is -0.802. The van der Waals surface area contributed by atoms with Crippen LogP contribution in [0.15, 0.2) is 5.11 Å². The van der Waals surface area contributed by atoms with Crippen molar-refractivity contribution in [1.82, 2.24) is 9.91 Å². The number of carbonyl (C=O) groups excluding carboxylic acids is 2. The first-order chi connectivity index (χ1) is 6.65. The van der Waals surface area contributed by atoms with Gasteiger partial charge in [0.15, 0.2) is 0 Å². The predicted molar refractivity (Wildman–Crippen MR) is 49.2 cm³/mol. The van der Waals surface area contributed by atoms with Gasteiger partial charge in [-0.3, -0.25) is 14.6 Å². The van der Waals surface area contributed by atoms with Gasteiger partial charge in [0.1, 0.15) is 6.54 Å². The third-order valence-corrected chi connectivity index (χ3v) is 1.72. The standard InChI is InChI=1S/C7H15N5O2/c1-2-11(6-13)3-4-12(9)7(14)5-10-8/h6,8H,2-5,9H2,1H3. The summed E-state index contributed by atoms with van der Waals surface area (Å²) < 4.78 is 0. The number of likely N-dealkylation sites (N-methyl/N-ethyl adjacent to an activating group) is 1. The zero-order chi connectivity index (χ0) is 11.0. The maximum Gasteiger partial charge on any atom is 0.260 e. The third kappa shape index (κ3) is 4.51. The average Bonchev–Trinajstić information content (AvgIpc) is 2.19. The number of hydrogen-bond donors (Lipinski definition) is 2. The molecular formula is C7H15N5O2. The number of hydrogen-bond acceptors (Lipinski definition) is 5. The summed E-state index contributed by atoms with van der Waals surface area (Å²) in [6.45, 7) is 2.80. The highest BCUT2D eigenvalue weighted by Crippen LogP contribution is 1.86. The van der Waals surface area contributed by atoms with Gasteiger partial charge >= 0.3 is 0 Å². The Balaban J connectivity index is 3.82. The topological polar surface area (TPSA) is 103 Å². The first-order valence-corrected chi connectivity index (χ1v) is 4.23. The molecule has 0 aromatic rings. The van der Waals surface area contributed by atoms with Gasteiger partial charge in [0.2, 0.25) is 6.41 Å². The van der Waals surface area contributed by atoms with Crippen LogP contribution in [0.1, 0.15) is 6.92 Å². The summed E-state index contributed by atoms with van der Waals surface area (Å²) in [5.74, 6) is 4.93. The highest BCUT2D eigenvalue weighted by atomic mass is 16.2. The van der Waals surface area contributed by atoms with Crippen LogP contribution in [-0.4, -0.2) is 48.4 Å². The van der Waals surface area contributed by atoms with Gasteiger partial charge in [-0.1, -0.05) is 0 Å². The number of nitrogens with zero attached hydrogens (tertiary/aromatic N) is 3. The Bertz CT molecular complexity index is 208. The second-order valence-electron chi connectivity index (χ2n) is 2.64. The first kappa shape index (κ1) is 12.5. The lowest BCUT2D eigenvalue weighted by molar-refractivity contribution is -0.131. The fraction of sp³-hybridized carbons (Fsp3) is 0.714. The molecule has 0 atom stereocenters. The summed E-state index contributed by atoms with van der Waals surface area (Å²) in [5.41, 5.74) is 6.47. The quantitative estimate of drug-likeness (QED) is 0.185. The normalized spacial score (nSPS) is 9.29. The Hall–Kier alpha value is -1.50. The lowest BCUT2D eigenvalue weighted by atomic mass is 10.5. The molecule has 2 amide bonds. The van der Waals surface area contributed by atoms with Crippen molar-refractivity contribution in [3.63, 3.8) is 0 Å².